The summed E-state index contributed by atoms with van der Waals surface area (Å²) in [6, 6.07) is 2.27. The average Bonchev–Trinajstić information content (AvgIpc) is 2.62. The van der Waals surface area contributed by atoms with Crippen molar-refractivity contribution in [1.29, 1.82) is 5.26 Å². The van der Waals surface area contributed by atoms with Gasteiger partial charge >= 0.3 is 0 Å². The Labute approximate surface area is 116 Å². The predicted molar refractivity (Wildman–Crippen MR) is 78.0 cm³/mol. The topological polar surface area (TPSA) is 70.9 Å². The molecule has 1 aromatic rings. The molecule has 0 unspecified atom stereocenters. The van der Waals surface area contributed by atoms with Gasteiger partial charge in [0.2, 0.25) is 0 Å². The van der Waals surface area contributed by atoms with E-state index in [4.69, 9.17) is 5.73 Å². The van der Waals surface area contributed by atoms with E-state index in [-0.39, 0.29) is 5.41 Å². The average molecular weight is 263 g/mol. The quantitative estimate of drug-likeness (QED) is 0.849. The summed E-state index contributed by atoms with van der Waals surface area (Å²) in [4.78, 5) is 2.23. The second kappa shape index (κ2) is 6.07. The van der Waals surface area contributed by atoms with Gasteiger partial charge in [0, 0.05) is 20.1 Å². The molecule has 0 aliphatic heterocycles. The Kier molecular flexibility index (Phi) is 4.96. The van der Waals surface area contributed by atoms with E-state index in [1.165, 1.54) is 0 Å². The van der Waals surface area contributed by atoms with Gasteiger partial charge in [-0.3, -0.25) is 4.68 Å². The van der Waals surface area contributed by atoms with Crippen LogP contribution < -0.4 is 10.6 Å². The van der Waals surface area contributed by atoms with Crippen LogP contribution >= 0.6 is 0 Å². The lowest BCUT2D eigenvalue weighted by molar-refractivity contribution is 0.375. The van der Waals surface area contributed by atoms with Crippen molar-refractivity contribution in [3.8, 4) is 6.07 Å². The van der Waals surface area contributed by atoms with Crippen LogP contribution in [0.2, 0.25) is 0 Å². The summed E-state index contributed by atoms with van der Waals surface area (Å²) in [7, 11) is 1.89. The molecule has 0 atom stereocenters. The first kappa shape index (κ1) is 15.5. The highest BCUT2D eigenvalue weighted by molar-refractivity contribution is 5.57. The Balaban J connectivity index is 3.17. The number of anilines is 1. The maximum atomic E-state index is 9.33. The monoisotopic (exact) mass is 263 g/mol. The molecule has 1 heterocycles. The molecule has 0 aliphatic carbocycles. The molecule has 5 nitrogen and oxygen atoms in total. The lowest BCUT2D eigenvalue weighted by Crippen LogP contribution is -2.40. The first-order valence-electron chi connectivity index (χ1n) is 6.75. The maximum absolute atomic E-state index is 9.33. The largest absolute Gasteiger partial charge is 0.355 e. The maximum Gasteiger partial charge on any atom is 0.144 e. The number of hydrogen-bond donors (Lipinski definition) is 1. The van der Waals surface area contributed by atoms with Gasteiger partial charge in [-0.05, 0) is 25.3 Å². The minimum absolute atomic E-state index is 0.0140. The van der Waals surface area contributed by atoms with Crippen LogP contribution in [0.4, 0.5) is 5.82 Å². The molecule has 0 aliphatic rings. The fourth-order valence-corrected chi connectivity index (χ4v) is 2.25. The second-order valence-electron chi connectivity index (χ2n) is 5.81. The number of nitrogens with two attached hydrogens (primary N) is 1. The van der Waals surface area contributed by atoms with Crippen molar-refractivity contribution in [2.75, 3.05) is 24.5 Å². The molecule has 0 bridgehead atoms. The Hall–Kier alpha value is -1.54. The molecule has 1 aromatic heterocycles. The highest BCUT2D eigenvalue weighted by atomic mass is 15.4. The SMILES string of the molecule is CCCN(CC(C)(C)CN)c1c(C#N)c(C)nn1C. The van der Waals surface area contributed by atoms with E-state index in [2.05, 4.69) is 36.8 Å². The van der Waals surface area contributed by atoms with Gasteiger partial charge in [0.15, 0.2) is 0 Å². The number of nitriles is 1. The summed E-state index contributed by atoms with van der Waals surface area (Å²) in [6.45, 7) is 10.6. The predicted octanol–water partition coefficient (Wildman–Crippen LogP) is 1.80. The lowest BCUT2D eigenvalue weighted by atomic mass is 9.93. The number of aromatic nitrogens is 2. The molecule has 106 valence electrons. The molecule has 5 heteroatoms. The van der Waals surface area contributed by atoms with Gasteiger partial charge in [-0.25, -0.2) is 0 Å². The number of hydrogen-bond acceptors (Lipinski definition) is 4. The summed E-state index contributed by atoms with van der Waals surface area (Å²) in [6.07, 6.45) is 1.02. The Bertz CT molecular complexity index is 467. The highest BCUT2D eigenvalue weighted by Crippen LogP contribution is 2.26. The van der Waals surface area contributed by atoms with Crippen LogP contribution in [0.3, 0.4) is 0 Å². The lowest BCUT2D eigenvalue weighted by Gasteiger charge is -2.33. The molecule has 0 saturated carbocycles. The summed E-state index contributed by atoms with van der Waals surface area (Å²) in [5.74, 6) is 0.906. The Morgan fingerprint density at radius 1 is 1.47 bits per heavy atom. The molecule has 19 heavy (non-hydrogen) atoms. The molecule has 0 aromatic carbocycles. The van der Waals surface area contributed by atoms with Gasteiger partial charge in [-0.1, -0.05) is 20.8 Å². The van der Waals surface area contributed by atoms with Gasteiger partial charge < -0.3 is 10.6 Å². The van der Waals surface area contributed by atoms with Crippen molar-refractivity contribution in [2.45, 2.75) is 34.1 Å². The molecule has 0 radical (unpaired) electrons. The Morgan fingerprint density at radius 2 is 2.11 bits per heavy atom. The van der Waals surface area contributed by atoms with E-state index < -0.39 is 0 Å². The van der Waals surface area contributed by atoms with E-state index in [0.29, 0.717) is 12.1 Å². The third-order valence-electron chi connectivity index (χ3n) is 3.27. The van der Waals surface area contributed by atoms with Crippen molar-refractivity contribution >= 4 is 5.82 Å². The van der Waals surface area contributed by atoms with E-state index in [1.54, 1.807) is 4.68 Å². The van der Waals surface area contributed by atoms with E-state index in [9.17, 15) is 5.26 Å². The zero-order valence-corrected chi connectivity index (χ0v) is 12.7. The van der Waals surface area contributed by atoms with Crippen molar-refractivity contribution in [3.05, 3.63) is 11.3 Å². The standard InChI is InChI=1S/C14H25N5/c1-6-7-19(10-14(3,4)9-16)13-12(8-15)11(2)17-18(13)5/h6-7,9-10,16H2,1-5H3. The van der Waals surface area contributed by atoms with Gasteiger partial charge in [0.1, 0.15) is 17.5 Å². The minimum atomic E-state index is 0.0140. The van der Waals surface area contributed by atoms with Crippen LogP contribution in [0, 0.1) is 23.7 Å². The van der Waals surface area contributed by atoms with Crippen LogP contribution in [0.1, 0.15) is 38.4 Å². The number of nitrogens with zero attached hydrogens (tertiary/aromatic N) is 4. The molecule has 0 amide bonds. The first-order chi connectivity index (χ1) is 8.86. The van der Waals surface area contributed by atoms with E-state index in [0.717, 1.165) is 31.0 Å². The second-order valence-corrected chi connectivity index (χ2v) is 5.81. The third-order valence-corrected chi connectivity index (χ3v) is 3.27. The molecule has 2 N–H and O–H groups in total. The fraction of sp³-hybridized carbons (Fsp3) is 0.714. The zero-order valence-electron chi connectivity index (χ0n) is 12.7. The molecular formula is C14H25N5. The summed E-state index contributed by atoms with van der Waals surface area (Å²) >= 11 is 0. The van der Waals surface area contributed by atoms with E-state index in [1.807, 2.05) is 14.0 Å². The Morgan fingerprint density at radius 3 is 2.58 bits per heavy atom. The first-order valence-corrected chi connectivity index (χ1v) is 6.75. The van der Waals surface area contributed by atoms with Crippen molar-refractivity contribution < 1.29 is 0 Å². The minimum Gasteiger partial charge on any atom is -0.355 e. The highest BCUT2D eigenvalue weighted by Gasteiger charge is 2.25. The summed E-state index contributed by atoms with van der Waals surface area (Å²) in [5, 5.41) is 13.7. The van der Waals surface area contributed by atoms with E-state index >= 15 is 0 Å². The fourth-order valence-electron chi connectivity index (χ4n) is 2.25. The normalized spacial score (nSPS) is 11.4. The summed E-state index contributed by atoms with van der Waals surface area (Å²) < 4.78 is 1.80. The van der Waals surface area contributed by atoms with Gasteiger partial charge in [-0.15, -0.1) is 0 Å². The molecule has 1 rings (SSSR count). The van der Waals surface area contributed by atoms with Gasteiger partial charge in [0.25, 0.3) is 0 Å². The molecular weight excluding hydrogens is 238 g/mol. The van der Waals surface area contributed by atoms with Crippen LogP contribution in [-0.4, -0.2) is 29.4 Å². The van der Waals surface area contributed by atoms with Crippen LogP contribution in [0.25, 0.3) is 0 Å². The van der Waals surface area contributed by atoms with Crippen molar-refractivity contribution in [1.82, 2.24) is 9.78 Å². The van der Waals surface area contributed by atoms with Crippen molar-refractivity contribution in [2.24, 2.45) is 18.2 Å². The van der Waals surface area contributed by atoms with Crippen LogP contribution in [0.5, 0.6) is 0 Å². The van der Waals surface area contributed by atoms with Gasteiger partial charge in [-0.2, -0.15) is 10.4 Å². The molecule has 0 fully saturated rings. The zero-order chi connectivity index (χ0) is 14.6. The smallest absolute Gasteiger partial charge is 0.144 e. The van der Waals surface area contributed by atoms with Crippen molar-refractivity contribution in [3.63, 3.8) is 0 Å². The third kappa shape index (κ3) is 3.48. The summed E-state index contributed by atoms with van der Waals surface area (Å²) in [5.41, 5.74) is 7.30. The molecule has 0 spiro atoms. The number of aryl methyl sites for hydroxylation is 2. The van der Waals surface area contributed by atoms with Gasteiger partial charge in [0.05, 0.1) is 5.69 Å². The van der Waals surface area contributed by atoms with Crippen LogP contribution in [-0.2, 0) is 7.05 Å². The number of rotatable bonds is 6. The van der Waals surface area contributed by atoms with Crippen LogP contribution in [0.15, 0.2) is 0 Å². The molecule has 0 saturated heterocycles.